The predicted molar refractivity (Wildman–Crippen MR) is 125 cm³/mol. The number of rotatable bonds is 6. The van der Waals surface area contributed by atoms with Gasteiger partial charge in [0, 0.05) is 52.2 Å². The number of hydrogen-bond donors (Lipinski definition) is 1. The van der Waals surface area contributed by atoms with Gasteiger partial charge in [-0.2, -0.15) is 4.89 Å². The van der Waals surface area contributed by atoms with Crippen LogP contribution in [0.15, 0.2) is 30.3 Å². The molecular formula is C25H38N4O4. The summed E-state index contributed by atoms with van der Waals surface area (Å²) in [5.74, 6) is 0.339. The van der Waals surface area contributed by atoms with E-state index >= 15 is 0 Å². The van der Waals surface area contributed by atoms with Crippen LogP contribution in [0.4, 0.5) is 4.79 Å². The molecule has 182 valence electrons. The van der Waals surface area contributed by atoms with Gasteiger partial charge in [0.1, 0.15) is 6.10 Å². The molecule has 8 nitrogen and oxygen atoms in total. The lowest BCUT2D eigenvalue weighted by atomic mass is 9.91. The van der Waals surface area contributed by atoms with E-state index in [0.29, 0.717) is 0 Å². The average Bonchev–Trinajstić information content (AvgIpc) is 2.85. The summed E-state index contributed by atoms with van der Waals surface area (Å²) in [6.45, 7) is 6.89. The van der Waals surface area contributed by atoms with E-state index in [2.05, 4.69) is 50.6 Å². The quantitative estimate of drug-likeness (QED) is 0.522. The van der Waals surface area contributed by atoms with E-state index in [1.54, 1.807) is 0 Å². The fourth-order valence-corrected chi connectivity index (χ4v) is 5.24. The normalized spacial score (nSPS) is 25.5. The molecule has 4 rings (SSSR count). The molecule has 0 spiro atoms. The van der Waals surface area contributed by atoms with Crippen LogP contribution in [0.2, 0.25) is 0 Å². The third-order valence-electron chi connectivity index (χ3n) is 7.20. The number of carbonyl (C=O) groups excluding carboxylic acids is 2. The largest absolute Gasteiger partial charge is 0.339 e. The summed E-state index contributed by atoms with van der Waals surface area (Å²) >= 11 is 0. The molecule has 0 bridgehead atoms. The van der Waals surface area contributed by atoms with Gasteiger partial charge < -0.3 is 10.2 Å². The Hall–Kier alpha value is -2.16. The van der Waals surface area contributed by atoms with Gasteiger partial charge in [0.25, 0.3) is 0 Å². The maximum absolute atomic E-state index is 12.7. The highest BCUT2D eigenvalue weighted by molar-refractivity contribution is 5.74. The van der Waals surface area contributed by atoms with Crippen LogP contribution in [-0.4, -0.2) is 78.3 Å². The molecule has 1 aromatic rings. The number of hydrogen-bond acceptors (Lipinski definition) is 6. The minimum Gasteiger partial charge on any atom is -0.335 e. The van der Waals surface area contributed by atoms with Crippen LogP contribution in [-0.2, 0) is 21.0 Å². The van der Waals surface area contributed by atoms with Gasteiger partial charge in [-0.25, -0.2) is 19.6 Å². The van der Waals surface area contributed by atoms with E-state index in [1.807, 2.05) is 4.90 Å². The Morgan fingerprint density at radius 3 is 2.15 bits per heavy atom. The molecule has 1 aromatic carbocycles. The number of piperidine rings is 1. The topological polar surface area (TPSA) is 74.3 Å². The zero-order valence-corrected chi connectivity index (χ0v) is 19.8. The molecule has 2 aliphatic heterocycles. The molecule has 2 heterocycles. The summed E-state index contributed by atoms with van der Waals surface area (Å²) in [5.41, 5.74) is 1.45. The molecule has 1 saturated carbocycles. The Bertz CT molecular complexity index is 753. The minimum absolute atomic E-state index is 0.0422. The van der Waals surface area contributed by atoms with E-state index in [-0.39, 0.29) is 18.2 Å². The Morgan fingerprint density at radius 2 is 1.52 bits per heavy atom. The zero-order chi connectivity index (χ0) is 23.0. The molecule has 0 atom stereocenters. The first-order chi connectivity index (χ1) is 16.1. The number of carbonyl (C=O) groups is 2. The van der Waals surface area contributed by atoms with Gasteiger partial charge in [0.15, 0.2) is 0 Å². The van der Waals surface area contributed by atoms with Crippen LogP contribution in [0.1, 0.15) is 51.0 Å². The van der Waals surface area contributed by atoms with E-state index in [1.165, 1.54) is 31.7 Å². The smallest absolute Gasteiger partial charge is 0.335 e. The van der Waals surface area contributed by atoms with Crippen molar-refractivity contribution in [3.05, 3.63) is 35.9 Å². The van der Waals surface area contributed by atoms with Gasteiger partial charge in [-0.1, -0.05) is 30.3 Å². The lowest BCUT2D eigenvalue weighted by Crippen LogP contribution is -2.58. The van der Waals surface area contributed by atoms with Gasteiger partial charge in [-0.3, -0.25) is 4.89 Å². The van der Waals surface area contributed by atoms with Crippen LogP contribution in [0, 0.1) is 5.92 Å². The Balaban J connectivity index is 1.12. The van der Waals surface area contributed by atoms with Crippen molar-refractivity contribution in [3.63, 3.8) is 0 Å². The summed E-state index contributed by atoms with van der Waals surface area (Å²) in [7, 11) is 0. The first kappa shape index (κ1) is 24.0. The molecule has 1 N–H and O–H groups in total. The van der Waals surface area contributed by atoms with Gasteiger partial charge in [-0.15, -0.1) is 0 Å². The maximum Gasteiger partial charge on any atom is 0.339 e. The fourth-order valence-electron chi connectivity index (χ4n) is 5.24. The molecule has 8 heteroatoms. The van der Waals surface area contributed by atoms with Gasteiger partial charge in [0.2, 0.25) is 0 Å². The highest BCUT2D eigenvalue weighted by Crippen LogP contribution is 2.24. The number of nitrogens with one attached hydrogen (secondary N) is 1. The van der Waals surface area contributed by atoms with Gasteiger partial charge in [0.05, 0.1) is 0 Å². The zero-order valence-electron chi connectivity index (χ0n) is 19.8. The Kier molecular flexibility index (Phi) is 8.58. The molecule has 3 aliphatic rings. The summed E-state index contributed by atoms with van der Waals surface area (Å²) < 4.78 is 0. The van der Waals surface area contributed by atoms with Crippen molar-refractivity contribution in [2.24, 2.45) is 5.92 Å². The van der Waals surface area contributed by atoms with E-state index in [4.69, 9.17) is 4.89 Å². The standard InChI is InChI=1S/C25H38N4O4/c1-20(30)32-33-24-9-7-23(8-10-24)26-25(31)27-15-17-29(18-16-27)28-13-11-22(12-14-28)19-21-5-3-2-4-6-21/h2-6,22-24H,7-19H2,1H3,(H,26,31). The van der Waals surface area contributed by atoms with Crippen LogP contribution < -0.4 is 5.32 Å². The lowest BCUT2D eigenvalue weighted by molar-refractivity contribution is -0.300. The minimum atomic E-state index is -0.430. The molecule has 0 aromatic heterocycles. The molecule has 0 radical (unpaired) electrons. The first-order valence-corrected chi connectivity index (χ1v) is 12.5. The van der Waals surface area contributed by atoms with Crippen molar-refractivity contribution in [1.82, 2.24) is 20.2 Å². The second-order valence-corrected chi connectivity index (χ2v) is 9.62. The molecule has 1 aliphatic carbocycles. The van der Waals surface area contributed by atoms with Crippen molar-refractivity contribution >= 4 is 12.0 Å². The van der Waals surface area contributed by atoms with Crippen molar-refractivity contribution in [1.29, 1.82) is 0 Å². The first-order valence-electron chi connectivity index (χ1n) is 12.5. The van der Waals surface area contributed by atoms with Crippen molar-refractivity contribution in [2.75, 3.05) is 39.3 Å². The summed E-state index contributed by atoms with van der Waals surface area (Å²) in [5, 5.41) is 8.13. The van der Waals surface area contributed by atoms with Gasteiger partial charge >= 0.3 is 12.0 Å². The molecule has 2 amide bonds. The maximum atomic E-state index is 12.7. The van der Waals surface area contributed by atoms with Crippen LogP contribution in [0.3, 0.4) is 0 Å². The highest BCUT2D eigenvalue weighted by atomic mass is 17.2. The van der Waals surface area contributed by atoms with Crippen molar-refractivity contribution < 1.29 is 19.4 Å². The number of piperazine rings is 1. The van der Waals surface area contributed by atoms with E-state index < -0.39 is 5.97 Å². The summed E-state index contributed by atoms with van der Waals surface area (Å²) in [6, 6.07) is 11.0. The summed E-state index contributed by atoms with van der Waals surface area (Å²) in [6.07, 6.45) is 6.84. The third-order valence-corrected chi connectivity index (χ3v) is 7.20. The van der Waals surface area contributed by atoms with Crippen molar-refractivity contribution in [3.8, 4) is 0 Å². The SMILES string of the molecule is CC(=O)OOC1CCC(NC(=O)N2CCN(N3CCC(Cc4ccccc4)CC3)CC2)CC1. The number of amides is 2. The monoisotopic (exact) mass is 458 g/mol. The number of hydrazine groups is 1. The van der Waals surface area contributed by atoms with Crippen molar-refractivity contribution in [2.45, 2.75) is 64.0 Å². The predicted octanol–water partition coefficient (Wildman–Crippen LogP) is 2.99. The van der Waals surface area contributed by atoms with E-state index in [0.717, 1.165) is 70.9 Å². The number of benzene rings is 1. The fraction of sp³-hybridized carbons (Fsp3) is 0.680. The highest BCUT2D eigenvalue weighted by Gasteiger charge is 2.30. The van der Waals surface area contributed by atoms with Gasteiger partial charge in [-0.05, 0) is 56.4 Å². The molecule has 0 unspecified atom stereocenters. The lowest BCUT2D eigenvalue weighted by Gasteiger charge is -2.44. The van der Waals surface area contributed by atoms with E-state index in [9.17, 15) is 9.59 Å². The third kappa shape index (κ3) is 7.16. The molecular weight excluding hydrogens is 420 g/mol. The molecule has 33 heavy (non-hydrogen) atoms. The Labute approximate surface area is 197 Å². The number of nitrogens with zero attached hydrogens (tertiary/aromatic N) is 3. The van der Waals surface area contributed by atoms with Crippen LogP contribution in [0.25, 0.3) is 0 Å². The number of urea groups is 1. The second-order valence-electron chi connectivity index (χ2n) is 9.62. The van der Waals surface area contributed by atoms with Crippen LogP contribution in [0.5, 0.6) is 0 Å². The molecule has 3 fully saturated rings. The molecule has 2 saturated heterocycles. The second kappa shape index (κ2) is 11.8. The average molecular weight is 459 g/mol. The Morgan fingerprint density at radius 1 is 0.879 bits per heavy atom. The summed E-state index contributed by atoms with van der Waals surface area (Å²) in [4.78, 5) is 35.3. The van der Waals surface area contributed by atoms with Crippen LogP contribution >= 0.6 is 0 Å².